The summed E-state index contributed by atoms with van der Waals surface area (Å²) in [5.74, 6) is -0.272. The number of aryl methyl sites for hydroxylation is 1. The van der Waals surface area contributed by atoms with Crippen molar-refractivity contribution in [2.45, 2.75) is 30.5 Å². The van der Waals surface area contributed by atoms with Crippen LogP contribution in [0.3, 0.4) is 0 Å². The second-order valence-corrected chi connectivity index (χ2v) is 7.52. The average molecular weight is 408 g/mol. The van der Waals surface area contributed by atoms with Crippen molar-refractivity contribution < 1.29 is 17.5 Å². The summed E-state index contributed by atoms with van der Waals surface area (Å²) in [6.45, 7) is 1.81. The first-order valence-electron chi connectivity index (χ1n) is 8.05. The zero-order valence-corrected chi connectivity index (χ0v) is 15.7. The summed E-state index contributed by atoms with van der Waals surface area (Å²) in [4.78, 5) is 13.8. The Bertz CT molecular complexity index is 946. The molecule has 0 spiro atoms. The second-order valence-electron chi connectivity index (χ2n) is 5.95. The molecule has 150 valence electrons. The summed E-state index contributed by atoms with van der Waals surface area (Å²) in [5.41, 5.74) is 12.1. The van der Waals surface area contributed by atoms with Gasteiger partial charge in [-0.25, -0.2) is 4.98 Å². The number of nitrogens with one attached hydrogen (secondary N) is 2. The lowest BCUT2D eigenvalue weighted by atomic mass is 10.2. The van der Waals surface area contributed by atoms with Gasteiger partial charge in [0.25, 0.3) is 15.8 Å². The molecular formula is C16H20N6O5S. The Labute approximate surface area is 161 Å². The minimum atomic E-state index is -4.15. The highest BCUT2D eigenvalue weighted by Gasteiger charge is 2.26. The molecule has 0 fully saturated rings. The molecule has 0 amide bonds. The number of pyridine rings is 1. The third-order valence-electron chi connectivity index (χ3n) is 3.66. The van der Waals surface area contributed by atoms with Gasteiger partial charge in [-0.2, -0.15) is 8.42 Å². The predicted molar refractivity (Wildman–Crippen MR) is 102 cm³/mol. The van der Waals surface area contributed by atoms with Crippen LogP contribution in [0.25, 0.3) is 0 Å². The molecule has 2 aromatic rings. The number of aromatic nitrogens is 1. The maximum absolute atomic E-state index is 12.4. The van der Waals surface area contributed by atoms with Gasteiger partial charge in [-0.05, 0) is 25.1 Å². The number of rotatable bonds is 9. The Morgan fingerprint density at radius 1 is 1.32 bits per heavy atom. The van der Waals surface area contributed by atoms with Crippen LogP contribution < -0.4 is 16.8 Å². The van der Waals surface area contributed by atoms with Gasteiger partial charge in [0.2, 0.25) is 0 Å². The van der Waals surface area contributed by atoms with Crippen LogP contribution in [0.5, 0.6) is 0 Å². The van der Waals surface area contributed by atoms with Crippen LogP contribution in [-0.2, 0) is 14.3 Å². The predicted octanol–water partition coefficient (Wildman–Crippen LogP) is 1.10. The van der Waals surface area contributed by atoms with E-state index in [0.29, 0.717) is 0 Å². The molecule has 2 rings (SSSR count). The SMILES string of the molecule is Cc1ccc(S(=O)(=O)OC(CC(N)Nc2ccc([N+](=O)[O-])cn2)C(=N)N)cc1. The smallest absolute Gasteiger partial charge is 0.297 e. The standard InChI is InChI=1S/C16H20N6O5S/c1-10-2-5-12(6-3-10)28(25,26)27-13(16(18)19)8-14(17)21-15-7-4-11(9-20-15)22(23)24/h2-7,9,13-14H,8,17H2,1H3,(H3,18,19)(H,20,21). The molecule has 6 N–H and O–H groups in total. The molecule has 1 aromatic heterocycles. The Kier molecular flexibility index (Phi) is 6.62. The van der Waals surface area contributed by atoms with Crippen molar-refractivity contribution in [2.75, 3.05) is 5.32 Å². The minimum absolute atomic E-state index is 0.0667. The van der Waals surface area contributed by atoms with Crippen molar-refractivity contribution in [2.24, 2.45) is 11.5 Å². The van der Waals surface area contributed by atoms with E-state index in [4.69, 9.17) is 21.1 Å². The van der Waals surface area contributed by atoms with Gasteiger partial charge in [-0.1, -0.05) is 17.7 Å². The monoisotopic (exact) mass is 408 g/mol. The molecule has 11 nitrogen and oxygen atoms in total. The number of amidine groups is 1. The van der Waals surface area contributed by atoms with E-state index in [1.54, 1.807) is 12.1 Å². The maximum Gasteiger partial charge on any atom is 0.297 e. The van der Waals surface area contributed by atoms with Gasteiger partial charge in [-0.15, -0.1) is 0 Å². The van der Waals surface area contributed by atoms with Crippen LogP contribution in [-0.4, -0.2) is 36.4 Å². The number of hydrogen-bond acceptors (Lipinski definition) is 9. The van der Waals surface area contributed by atoms with Crippen molar-refractivity contribution in [3.05, 3.63) is 58.3 Å². The molecule has 2 unspecified atom stereocenters. The van der Waals surface area contributed by atoms with Crippen molar-refractivity contribution in [1.82, 2.24) is 4.98 Å². The number of hydrogen-bond donors (Lipinski definition) is 4. The van der Waals surface area contributed by atoms with Crippen LogP contribution in [0.15, 0.2) is 47.5 Å². The van der Waals surface area contributed by atoms with Crippen LogP contribution in [0.4, 0.5) is 11.5 Å². The first-order valence-corrected chi connectivity index (χ1v) is 9.46. The summed E-state index contributed by atoms with van der Waals surface area (Å²) in [6.07, 6.45) is -1.28. The number of nitrogens with two attached hydrogens (primary N) is 2. The average Bonchev–Trinajstić information content (AvgIpc) is 2.61. The van der Waals surface area contributed by atoms with Crippen LogP contribution >= 0.6 is 0 Å². The molecule has 0 saturated carbocycles. The third-order valence-corrected chi connectivity index (χ3v) is 4.99. The highest BCUT2D eigenvalue weighted by molar-refractivity contribution is 7.86. The lowest BCUT2D eigenvalue weighted by Crippen LogP contribution is -2.41. The number of anilines is 1. The molecule has 1 heterocycles. The van der Waals surface area contributed by atoms with E-state index in [1.807, 2.05) is 6.92 Å². The van der Waals surface area contributed by atoms with Crippen LogP contribution in [0, 0.1) is 22.4 Å². The first-order chi connectivity index (χ1) is 13.1. The Morgan fingerprint density at radius 2 is 1.96 bits per heavy atom. The number of benzene rings is 1. The summed E-state index contributed by atoms with van der Waals surface area (Å²) >= 11 is 0. The molecule has 0 aliphatic carbocycles. The molecule has 28 heavy (non-hydrogen) atoms. The summed E-state index contributed by atoms with van der Waals surface area (Å²) in [6, 6.07) is 8.61. The highest BCUT2D eigenvalue weighted by atomic mass is 32.2. The normalized spacial score (nSPS) is 13.5. The largest absolute Gasteiger partial charge is 0.385 e. The topological polar surface area (TPSA) is 187 Å². The fourth-order valence-electron chi connectivity index (χ4n) is 2.19. The van der Waals surface area contributed by atoms with Gasteiger partial charge < -0.3 is 16.8 Å². The summed E-state index contributed by atoms with van der Waals surface area (Å²) in [7, 11) is -4.15. The van der Waals surface area contributed by atoms with Crippen molar-refractivity contribution in [1.29, 1.82) is 5.41 Å². The fraction of sp³-hybridized carbons (Fsp3) is 0.250. The molecule has 0 bridgehead atoms. The lowest BCUT2D eigenvalue weighted by molar-refractivity contribution is -0.385. The van der Waals surface area contributed by atoms with Crippen molar-refractivity contribution >= 4 is 27.5 Å². The van der Waals surface area contributed by atoms with E-state index < -0.39 is 33.1 Å². The van der Waals surface area contributed by atoms with E-state index >= 15 is 0 Å². The zero-order valence-electron chi connectivity index (χ0n) is 14.9. The molecule has 0 saturated heterocycles. The molecule has 0 aliphatic rings. The second kappa shape index (κ2) is 8.73. The van der Waals surface area contributed by atoms with Gasteiger partial charge in [0.05, 0.1) is 16.0 Å². The number of nitro groups is 1. The van der Waals surface area contributed by atoms with Crippen LogP contribution in [0.2, 0.25) is 0 Å². The van der Waals surface area contributed by atoms with Crippen molar-refractivity contribution in [3.63, 3.8) is 0 Å². The van der Waals surface area contributed by atoms with E-state index in [1.165, 1.54) is 24.3 Å². The van der Waals surface area contributed by atoms with E-state index in [-0.39, 0.29) is 22.8 Å². The Morgan fingerprint density at radius 3 is 2.46 bits per heavy atom. The molecular weight excluding hydrogens is 388 g/mol. The molecule has 0 radical (unpaired) electrons. The molecule has 2 atom stereocenters. The molecule has 1 aromatic carbocycles. The van der Waals surface area contributed by atoms with Gasteiger partial charge in [0, 0.05) is 12.5 Å². The van der Waals surface area contributed by atoms with Gasteiger partial charge >= 0.3 is 0 Å². The molecule has 12 heteroatoms. The minimum Gasteiger partial charge on any atom is -0.385 e. The lowest BCUT2D eigenvalue weighted by Gasteiger charge is -2.21. The Balaban J connectivity index is 2.06. The Hall–Kier alpha value is -3.09. The summed E-state index contributed by atoms with van der Waals surface area (Å²) in [5, 5.41) is 21.0. The third kappa shape index (κ3) is 5.70. The van der Waals surface area contributed by atoms with E-state index in [9.17, 15) is 18.5 Å². The quantitative estimate of drug-likeness (QED) is 0.118. The van der Waals surface area contributed by atoms with Gasteiger partial charge in [0.15, 0.2) is 0 Å². The molecule has 0 aliphatic heterocycles. The van der Waals surface area contributed by atoms with Gasteiger partial charge in [0.1, 0.15) is 24.0 Å². The fourth-order valence-corrected chi connectivity index (χ4v) is 3.26. The first kappa shape index (κ1) is 21.2. The van der Waals surface area contributed by atoms with Crippen LogP contribution in [0.1, 0.15) is 12.0 Å². The highest BCUT2D eigenvalue weighted by Crippen LogP contribution is 2.18. The van der Waals surface area contributed by atoms with Crippen molar-refractivity contribution in [3.8, 4) is 0 Å². The van der Waals surface area contributed by atoms with E-state index in [0.717, 1.165) is 11.8 Å². The van der Waals surface area contributed by atoms with Gasteiger partial charge in [-0.3, -0.25) is 19.7 Å². The van der Waals surface area contributed by atoms with E-state index in [2.05, 4.69) is 10.3 Å². The number of nitrogens with zero attached hydrogens (tertiary/aromatic N) is 2. The maximum atomic E-state index is 12.4. The zero-order chi connectivity index (χ0) is 20.9. The summed E-state index contributed by atoms with van der Waals surface area (Å²) < 4.78 is 29.9.